The fraction of sp³-hybridized carbons (Fsp3) is 0.550. The Balaban J connectivity index is 1.39. The molecule has 1 unspecified atom stereocenters. The quantitative estimate of drug-likeness (QED) is 0.754. The van der Waals surface area contributed by atoms with Crippen molar-refractivity contribution in [1.82, 2.24) is 20.4 Å². The van der Waals surface area contributed by atoms with E-state index in [1.807, 2.05) is 12.1 Å². The molecule has 0 radical (unpaired) electrons. The zero-order valence-electron chi connectivity index (χ0n) is 15.3. The molecule has 1 atom stereocenters. The summed E-state index contributed by atoms with van der Waals surface area (Å²) in [5.41, 5.74) is 3.22. The number of amides is 3. The zero-order chi connectivity index (χ0) is 18.6. The second-order valence-electron chi connectivity index (χ2n) is 8.20. The molecule has 5 rings (SSSR count). The first-order valence-corrected chi connectivity index (χ1v) is 9.79. The Morgan fingerprint density at radius 3 is 2.78 bits per heavy atom. The molecule has 3 amide bonds. The molecule has 1 aromatic rings. The Bertz CT molecular complexity index is 833. The van der Waals surface area contributed by atoms with Crippen LogP contribution in [0.25, 0.3) is 0 Å². The number of carbonyl (C=O) groups is 3. The van der Waals surface area contributed by atoms with Gasteiger partial charge in [-0.3, -0.25) is 24.6 Å². The van der Waals surface area contributed by atoms with Crippen LogP contribution in [0.3, 0.4) is 0 Å². The molecule has 1 spiro atoms. The fourth-order valence-electron chi connectivity index (χ4n) is 5.06. The van der Waals surface area contributed by atoms with Crippen LogP contribution in [0.2, 0.25) is 0 Å². The van der Waals surface area contributed by atoms with Crippen molar-refractivity contribution in [3.63, 3.8) is 0 Å². The van der Waals surface area contributed by atoms with Crippen LogP contribution in [0.5, 0.6) is 0 Å². The Labute approximate surface area is 158 Å². The molecule has 4 aliphatic heterocycles. The summed E-state index contributed by atoms with van der Waals surface area (Å²) in [7, 11) is 0. The van der Waals surface area contributed by atoms with E-state index in [2.05, 4.69) is 21.6 Å². The average Bonchev–Trinajstić information content (AvgIpc) is 3.18. The third-order valence-electron chi connectivity index (χ3n) is 6.69. The zero-order valence-corrected chi connectivity index (χ0v) is 15.3. The molecule has 0 saturated carbocycles. The lowest BCUT2D eigenvalue weighted by Gasteiger charge is -2.46. The molecular formula is C20H24N4O3. The molecule has 2 N–H and O–H groups in total. The lowest BCUT2D eigenvalue weighted by atomic mass is 9.89. The second-order valence-corrected chi connectivity index (χ2v) is 8.20. The highest BCUT2D eigenvalue weighted by Crippen LogP contribution is 2.36. The summed E-state index contributed by atoms with van der Waals surface area (Å²) in [6.45, 7) is 4.49. The van der Waals surface area contributed by atoms with E-state index in [1.54, 1.807) is 4.90 Å². The Kier molecular flexibility index (Phi) is 3.84. The highest BCUT2D eigenvalue weighted by atomic mass is 16.2. The lowest BCUT2D eigenvalue weighted by molar-refractivity contribution is -0.136. The first-order chi connectivity index (χ1) is 13.1. The molecule has 27 heavy (non-hydrogen) atoms. The van der Waals surface area contributed by atoms with Gasteiger partial charge in [-0.25, -0.2) is 0 Å². The molecule has 142 valence electrons. The standard InChI is InChI=1S/C20H24N4O3/c25-17-6-5-16(18(26)22-17)24-10-15-13(3-1-4-14(15)19(24)27)9-23-8-2-7-20(23)11-21-12-20/h1,3-4,16,21H,2,5-12H2,(H,22,25,26). The Hall–Kier alpha value is -2.25. The number of benzene rings is 1. The number of likely N-dealkylation sites (tertiary alicyclic amines) is 1. The highest BCUT2D eigenvalue weighted by molar-refractivity contribution is 6.05. The third-order valence-corrected chi connectivity index (χ3v) is 6.69. The van der Waals surface area contributed by atoms with Crippen LogP contribution in [0.15, 0.2) is 18.2 Å². The smallest absolute Gasteiger partial charge is 0.255 e. The van der Waals surface area contributed by atoms with Crippen LogP contribution in [0, 0.1) is 0 Å². The van der Waals surface area contributed by atoms with E-state index < -0.39 is 6.04 Å². The van der Waals surface area contributed by atoms with Gasteiger partial charge in [0, 0.05) is 43.7 Å². The summed E-state index contributed by atoms with van der Waals surface area (Å²) < 4.78 is 0. The van der Waals surface area contributed by atoms with Gasteiger partial charge in [-0.15, -0.1) is 0 Å². The van der Waals surface area contributed by atoms with E-state index >= 15 is 0 Å². The summed E-state index contributed by atoms with van der Waals surface area (Å²) >= 11 is 0. The van der Waals surface area contributed by atoms with Gasteiger partial charge in [0.15, 0.2) is 0 Å². The number of nitrogens with one attached hydrogen (secondary N) is 2. The fourth-order valence-corrected chi connectivity index (χ4v) is 5.06. The summed E-state index contributed by atoms with van der Waals surface area (Å²) in [6, 6.07) is 5.36. The predicted molar refractivity (Wildman–Crippen MR) is 97.7 cm³/mol. The number of rotatable bonds is 3. The van der Waals surface area contributed by atoms with Gasteiger partial charge >= 0.3 is 0 Å². The molecular weight excluding hydrogens is 344 g/mol. The van der Waals surface area contributed by atoms with Gasteiger partial charge < -0.3 is 10.2 Å². The van der Waals surface area contributed by atoms with Crippen molar-refractivity contribution >= 4 is 17.7 Å². The van der Waals surface area contributed by atoms with Crippen molar-refractivity contribution in [2.45, 2.75) is 50.4 Å². The molecule has 4 heterocycles. The lowest BCUT2D eigenvalue weighted by Crippen LogP contribution is -2.65. The van der Waals surface area contributed by atoms with E-state index in [1.165, 1.54) is 18.4 Å². The van der Waals surface area contributed by atoms with E-state index in [-0.39, 0.29) is 29.7 Å². The minimum Gasteiger partial charge on any atom is -0.322 e. The maximum atomic E-state index is 12.9. The Morgan fingerprint density at radius 1 is 1.19 bits per heavy atom. The van der Waals surface area contributed by atoms with Gasteiger partial charge in [-0.05, 0) is 43.0 Å². The second kappa shape index (κ2) is 6.14. The first-order valence-electron chi connectivity index (χ1n) is 9.79. The largest absolute Gasteiger partial charge is 0.322 e. The number of hydrogen-bond acceptors (Lipinski definition) is 5. The van der Waals surface area contributed by atoms with E-state index in [0.29, 0.717) is 18.5 Å². The summed E-state index contributed by atoms with van der Waals surface area (Å²) in [4.78, 5) is 40.8. The highest BCUT2D eigenvalue weighted by Gasteiger charge is 2.46. The number of imide groups is 1. The first kappa shape index (κ1) is 16.9. The molecule has 0 bridgehead atoms. The molecule has 7 nitrogen and oxygen atoms in total. The van der Waals surface area contributed by atoms with Crippen molar-refractivity contribution < 1.29 is 14.4 Å². The van der Waals surface area contributed by atoms with E-state index in [4.69, 9.17) is 0 Å². The summed E-state index contributed by atoms with van der Waals surface area (Å²) in [5, 5.41) is 5.77. The molecule has 3 saturated heterocycles. The number of fused-ring (bicyclic) bond motifs is 1. The van der Waals surface area contributed by atoms with Crippen LogP contribution < -0.4 is 10.6 Å². The number of hydrogen-bond donors (Lipinski definition) is 2. The predicted octanol–water partition coefficient (Wildman–Crippen LogP) is 0.385. The van der Waals surface area contributed by atoms with Crippen LogP contribution in [-0.2, 0) is 22.7 Å². The monoisotopic (exact) mass is 368 g/mol. The molecule has 0 aromatic heterocycles. The van der Waals surface area contributed by atoms with Crippen LogP contribution >= 0.6 is 0 Å². The van der Waals surface area contributed by atoms with Crippen molar-refractivity contribution in [3.05, 3.63) is 34.9 Å². The van der Waals surface area contributed by atoms with E-state index in [0.717, 1.165) is 31.7 Å². The number of nitrogens with zero attached hydrogens (tertiary/aromatic N) is 2. The van der Waals surface area contributed by atoms with Gasteiger partial charge in [0.05, 0.1) is 0 Å². The Morgan fingerprint density at radius 2 is 2.04 bits per heavy atom. The van der Waals surface area contributed by atoms with Gasteiger partial charge in [-0.1, -0.05) is 12.1 Å². The van der Waals surface area contributed by atoms with Gasteiger partial charge in [0.25, 0.3) is 5.91 Å². The van der Waals surface area contributed by atoms with Crippen LogP contribution in [-0.4, -0.2) is 58.7 Å². The third kappa shape index (κ3) is 2.60. The molecule has 7 heteroatoms. The molecule has 0 aliphatic carbocycles. The molecule has 4 aliphatic rings. The van der Waals surface area contributed by atoms with Crippen molar-refractivity contribution in [2.24, 2.45) is 0 Å². The van der Waals surface area contributed by atoms with Gasteiger partial charge in [0.2, 0.25) is 11.8 Å². The van der Waals surface area contributed by atoms with Crippen LogP contribution in [0.1, 0.15) is 47.2 Å². The van der Waals surface area contributed by atoms with E-state index in [9.17, 15) is 14.4 Å². The van der Waals surface area contributed by atoms with Crippen molar-refractivity contribution in [3.8, 4) is 0 Å². The SMILES string of the molecule is O=C1CCC(N2Cc3c(CN4CCCC45CNC5)cccc3C2=O)C(=O)N1. The maximum absolute atomic E-state index is 12.9. The van der Waals surface area contributed by atoms with Crippen molar-refractivity contribution in [2.75, 3.05) is 19.6 Å². The van der Waals surface area contributed by atoms with Gasteiger partial charge in [-0.2, -0.15) is 0 Å². The number of carbonyl (C=O) groups excluding carboxylic acids is 3. The normalized spacial score (nSPS) is 27.0. The maximum Gasteiger partial charge on any atom is 0.255 e. The van der Waals surface area contributed by atoms with Gasteiger partial charge in [0.1, 0.15) is 6.04 Å². The summed E-state index contributed by atoms with van der Waals surface area (Å²) in [6.07, 6.45) is 3.14. The minimum atomic E-state index is -0.551. The topological polar surface area (TPSA) is 81.8 Å². The molecule has 3 fully saturated rings. The number of piperidine rings is 1. The minimum absolute atomic E-state index is 0.0946. The van der Waals surface area contributed by atoms with Crippen LogP contribution in [0.4, 0.5) is 0 Å². The van der Waals surface area contributed by atoms with Crippen molar-refractivity contribution in [1.29, 1.82) is 0 Å². The average molecular weight is 368 g/mol. The summed E-state index contributed by atoms with van der Waals surface area (Å²) in [5.74, 6) is -0.703. The molecule has 1 aromatic carbocycles.